The highest BCUT2D eigenvalue weighted by Crippen LogP contribution is 2.41. The summed E-state index contributed by atoms with van der Waals surface area (Å²) in [5, 5.41) is 0.0674. The van der Waals surface area contributed by atoms with Gasteiger partial charge in [0.15, 0.2) is 5.75 Å². The minimum atomic E-state index is -3.96. The number of ether oxygens (including phenoxy) is 1. The molecule has 2 aromatic carbocycles. The number of aromatic nitrogens is 2. The maximum Gasteiger partial charge on any atom is 0.269 e. The van der Waals surface area contributed by atoms with Crippen LogP contribution in [0, 0.1) is 20.8 Å². The summed E-state index contributed by atoms with van der Waals surface area (Å²) in [7, 11) is -0.453. The van der Waals surface area contributed by atoms with Gasteiger partial charge in [0.25, 0.3) is 15.6 Å². The Morgan fingerprint density at radius 2 is 1.58 bits per heavy atom. The van der Waals surface area contributed by atoms with Crippen molar-refractivity contribution in [3.05, 3.63) is 116 Å². The molecule has 0 saturated heterocycles. The summed E-state index contributed by atoms with van der Waals surface area (Å²) in [6.45, 7) is 6.14. The molecular formula is C29H28ClN3O4S. The van der Waals surface area contributed by atoms with E-state index in [-0.39, 0.29) is 15.6 Å². The molecule has 0 saturated carbocycles. The van der Waals surface area contributed by atoms with Crippen molar-refractivity contribution in [2.75, 3.05) is 7.05 Å². The molecule has 196 valence electrons. The summed E-state index contributed by atoms with van der Waals surface area (Å²) in [6, 6.07) is 15.7. The molecule has 2 aromatic heterocycles. The second kappa shape index (κ2) is 9.53. The highest BCUT2D eigenvalue weighted by molar-refractivity contribution is 7.90. The smallest absolute Gasteiger partial charge is 0.269 e. The number of hydrogen-bond acceptors (Lipinski definition) is 5. The van der Waals surface area contributed by atoms with Gasteiger partial charge in [0, 0.05) is 43.1 Å². The molecule has 3 heterocycles. The van der Waals surface area contributed by atoms with E-state index < -0.39 is 10.0 Å². The molecule has 0 fully saturated rings. The first kappa shape index (κ1) is 25.9. The van der Waals surface area contributed by atoms with Gasteiger partial charge in [-0.1, -0.05) is 47.5 Å². The molecule has 0 aliphatic carbocycles. The molecule has 7 nitrogen and oxygen atoms in total. The summed E-state index contributed by atoms with van der Waals surface area (Å²) in [5.41, 5.74) is 4.98. The fourth-order valence-electron chi connectivity index (χ4n) is 4.71. The van der Waals surface area contributed by atoms with E-state index in [0.29, 0.717) is 40.4 Å². The lowest BCUT2D eigenvalue weighted by molar-refractivity contribution is 0.435. The molecule has 0 amide bonds. The van der Waals surface area contributed by atoms with Crippen LogP contribution in [0.25, 0.3) is 5.57 Å². The summed E-state index contributed by atoms with van der Waals surface area (Å²) in [6.07, 6.45) is 3.54. The van der Waals surface area contributed by atoms with Gasteiger partial charge in [-0.15, -0.1) is 0 Å². The first-order valence-corrected chi connectivity index (χ1v) is 13.9. The van der Waals surface area contributed by atoms with Crippen molar-refractivity contribution in [3.63, 3.8) is 0 Å². The second-order valence-electron chi connectivity index (χ2n) is 9.69. The van der Waals surface area contributed by atoms with Gasteiger partial charge in [-0.05, 0) is 50.1 Å². The van der Waals surface area contributed by atoms with Gasteiger partial charge in [-0.25, -0.2) is 12.4 Å². The molecule has 5 rings (SSSR count). The monoisotopic (exact) mass is 549 g/mol. The molecule has 4 aromatic rings. The summed E-state index contributed by atoms with van der Waals surface area (Å²) in [5.74, 6) is 1.18. The van der Waals surface area contributed by atoms with E-state index in [1.165, 1.54) is 14.6 Å². The van der Waals surface area contributed by atoms with E-state index in [1.807, 2.05) is 57.1 Å². The third kappa shape index (κ3) is 4.44. The van der Waals surface area contributed by atoms with Gasteiger partial charge < -0.3 is 14.2 Å². The largest absolute Gasteiger partial charge is 0.455 e. The van der Waals surface area contributed by atoms with Crippen molar-refractivity contribution in [1.82, 2.24) is 13.4 Å². The Labute approximate surface area is 227 Å². The van der Waals surface area contributed by atoms with Crippen LogP contribution in [0.5, 0.6) is 11.5 Å². The van der Waals surface area contributed by atoms with Crippen LogP contribution in [0.1, 0.15) is 33.5 Å². The fraction of sp³-hybridized carbons (Fsp3) is 0.207. The van der Waals surface area contributed by atoms with Gasteiger partial charge in [-0.2, -0.15) is 0 Å². The van der Waals surface area contributed by atoms with Crippen LogP contribution in [0.4, 0.5) is 0 Å². The molecule has 0 unspecified atom stereocenters. The predicted molar refractivity (Wildman–Crippen MR) is 149 cm³/mol. The molecule has 0 radical (unpaired) electrons. The minimum Gasteiger partial charge on any atom is -0.455 e. The zero-order valence-corrected chi connectivity index (χ0v) is 23.4. The second-order valence-corrected chi connectivity index (χ2v) is 11.9. The molecule has 1 aliphatic rings. The van der Waals surface area contributed by atoms with Crippen LogP contribution in [0.3, 0.4) is 0 Å². The zero-order chi connectivity index (χ0) is 27.4. The van der Waals surface area contributed by atoms with Crippen LogP contribution in [-0.4, -0.2) is 28.9 Å². The van der Waals surface area contributed by atoms with Crippen LogP contribution in [0.2, 0.25) is 5.15 Å². The topological polar surface area (TPSA) is 73.5 Å². The minimum absolute atomic E-state index is 0.0674. The normalized spacial score (nSPS) is 13.3. The fourth-order valence-corrected chi connectivity index (χ4v) is 6.61. The van der Waals surface area contributed by atoms with E-state index in [2.05, 4.69) is 0 Å². The van der Waals surface area contributed by atoms with E-state index in [9.17, 15) is 13.2 Å². The Kier molecular flexibility index (Phi) is 6.49. The first-order chi connectivity index (χ1) is 18.0. The number of nitrogens with zero attached hydrogens (tertiary/aromatic N) is 3. The third-order valence-corrected chi connectivity index (χ3v) is 8.86. The number of fused-ring (bicyclic) bond motifs is 1. The van der Waals surface area contributed by atoms with Crippen LogP contribution >= 0.6 is 11.6 Å². The van der Waals surface area contributed by atoms with Crippen molar-refractivity contribution >= 4 is 27.2 Å². The van der Waals surface area contributed by atoms with Crippen molar-refractivity contribution in [3.8, 4) is 11.5 Å². The van der Waals surface area contributed by atoms with Gasteiger partial charge in [0.1, 0.15) is 10.9 Å². The van der Waals surface area contributed by atoms with E-state index in [4.69, 9.17) is 16.3 Å². The maximum atomic E-state index is 13.7. The van der Waals surface area contributed by atoms with Gasteiger partial charge >= 0.3 is 0 Å². The molecule has 1 aliphatic heterocycles. The number of halogens is 1. The summed E-state index contributed by atoms with van der Waals surface area (Å²) >= 11 is 6.61. The Balaban J connectivity index is 1.70. The zero-order valence-electron chi connectivity index (χ0n) is 21.8. The van der Waals surface area contributed by atoms with Crippen LogP contribution in [0.15, 0.2) is 76.7 Å². The Bertz CT molecular complexity index is 1750. The van der Waals surface area contributed by atoms with E-state index >= 15 is 0 Å². The number of hydrogen-bond donors (Lipinski definition) is 0. The van der Waals surface area contributed by atoms with Crippen molar-refractivity contribution in [2.45, 2.75) is 32.2 Å². The molecule has 38 heavy (non-hydrogen) atoms. The van der Waals surface area contributed by atoms with Gasteiger partial charge in [0.05, 0.1) is 23.3 Å². The van der Waals surface area contributed by atoms with Gasteiger partial charge in [0.2, 0.25) is 0 Å². The average Bonchev–Trinajstić information content (AvgIpc) is 3.19. The van der Waals surface area contributed by atoms with E-state index in [1.54, 1.807) is 43.6 Å². The molecule has 9 heteroatoms. The van der Waals surface area contributed by atoms with Crippen LogP contribution in [-0.2, 0) is 23.6 Å². The Morgan fingerprint density at radius 1 is 0.921 bits per heavy atom. The van der Waals surface area contributed by atoms with Crippen LogP contribution < -0.4 is 10.3 Å². The lowest BCUT2D eigenvalue weighted by Crippen LogP contribution is -2.24. The van der Waals surface area contributed by atoms with Gasteiger partial charge in [-0.3, -0.25) is 4.79 Å². The number of benzene rings is 2. The Hall–Kier alpha value is -3.75. The number of rotatable bonds is 5. The standard InChI is InChI=1S/C29H28ClN3O4S/c1-18-9-11-21(12-10-18)38(35,36)33-25-16-31(4)15-24(22(25)13-27(33)30)23-14-28(34)32(5)17-26(23)37-29-19(2)7-6-8-20(29)3/h6-15,17H,16H2,1-5H3. The Morgan fingerprint density at radius 3 is 2.24 bits per heavy atom. The number of para-hydroxylation sites is 1. The lowest BCUT2D eigenvalue weighted by atomic mass is 9.96. The SMILES string of the molecule is Cc1ccc(S(=O)(=O)n2c(Cl)cc3c2CN(C)C=C3c2cc(=O)n(C)cc2Oc2c(C)cccc2C)cc1. The van der Waals surface area contributed by atoms with Crippen molar-refractivity contribution in [1.29, 1.82) is 0 Å². The molecule has 0 atom stereocenters. The van der Waals surface area contributed by atoms with Crippen molar-refractivity contribution < 1.29 is 13.2 Å². The average molecular weight is 550 g/mol. The highest BCUT2D eigenvalue weighted by Gasteiger charge is 2.31. The third-order valence-electron chi connectivity index (χ3n) is 6.71. The quantitative estimate of drug-likeness (QED) is 0.322. The molecular weight excluding hydrogens is 522 g/mol. The summed E-state index contributed by atoms with van der Waals surface area (Å²) < 4.78 is 36.4. The molecule has 0 bridgehead atoms. The van der Waals surface area contributed by atoms with Crippen molar-refractivity contribution in [2.24, 2.45) is 7.05 Å². The number of aryl methyl sites for hydroxylation is 4. The summed E-state index contributed by atoms with van der Waals surface area (Å²) in [4.78, 5) is 14.8. The highest BCUT2D eigenvalue weighted by atomic mass is 35.5. The van der Waals surface area contributed by atoms with E-state index in [0.717, 1.165) is 16.7 Å². The lowest BCUT2D eigenvalue weighted by Gasteiger charge is -2.26. The predicted octanol–water partition coefficient (Wildman–Crippen LogP) is 5.63. The maximum absolute atomic E-state index is 13.7. The first-order valence-electron chi connectivity index (χ1n) is 12.1. The molecule has 0 spiro atoms. The number of pyridine rings is 1. The molecule has 0 N–H and O–H groups in total.